The lowest BCUT2D eigenvalue weighted by Gasteiger charge is -2.29. The van der Waals surface area contributed by atoms with Crippen LogP contribution >= 0.6 is 0 Å². The van der Waals surface area contributed by atoms with Crippen molar-refractivity contribution in [3.05, 3.63) is 70.3 Å². The number of nitrogens with zero attached hydrogens (tertiary/aromatic N) is 2. The first-order chi connectivity index (χ1) is 14.0. The average Bonchev–Trinajstić information content (AvgIpc) is 2.72. The minimum atomic E-state index is -0.113. The largest absolute Gasteiger partial charge is 0.393 e. The van der Waals surface area contributed by atoms with Gasteiger partial charge in [-0.1, -0.05) is 48.0 Å². The van der Waals surface area contributed by atoms with Crippen LogP contribution in [0.5, 0.6) is 0 Å². The molecule has 2 aromatic carbocycles. The molecule has 0 aromatic heterocycles. The topological polar surface area (TPSA) is 59.9 Å². The Balaban J connectivity index is 1.45. The molecule has 1 aliphatic rings. The third kappa shape index (κ3) is 6.58. The molecule has 156 valence electrons. The Kier molecular flexibility index (Phi) is 7.67. The number of aliphatic hydroxyl groups excluding tert-OH is 1. The molecule has 29 heavy (non-hydrogen) atoms. The maximum absolute atomic E-state index is 9.63. The number of aryl methyl sites for hydroxylation is 2. The number of nitrogens with one attached hydrogen (secondary N) is 2. The number of rotatable bonds is 6. The van der Waals surface area contributed by atoms with E-state index in [0.29, 0.717) is 0 Å². The summed E-state index contributed by atoms with van der Waals surface area (Å²) in [6.07, 6.45) is 1.66. The Morgan fingerprint density at radius 2 is 1.66 bits per heavy atom. The second-order valence-corrected chi connectivity index (χ2v) is 8.03. The van der Waals surface area contributed by atoms with Crippen LogP contribution in [0.15, 0.2) is 47.5 Å². The fraction of sp³-hybridized carbons (Fsp3) is 0.458. The van der Waals surface area contributed by atoms with Crippen LogP contribution in [0.1, 0.15) is 40.7 Å². The van der Waals surface area contributed by atoms with E-state index >= 15 is 0 Å². The van der Waals surface area contributed by atoms with Crippen LogP contribution in [0.2, 0.25) is 0 Å². The molecule has 0 radical (unpaired) electrons. The fourth-order valence-corrected chi connectivity index (χ4v) is 3.73. The summed E-state index contributed by atoms with van der Waals surface area (Å²) in [4.78, 5) is 6.75. The van der Waals surface area contributed by atoms with E-state index in [1.54, 1.807) is 7.05 Å². The molecular formula is C24H34N4O. The van der Waals surface area contributed by atoms with Gasteiger partial charge in [-0.25, -0.2) is 0 Å². The van der Waals surface area contributed by atoms with E-state index in [4.69, 9.17) is 0 Å². The van der Waals surface area contributed by atoms with E-state index < -0.39 is 0 Å². The molecule has 5 nitrogen and oxygen atoms in total. The fourth-order valence-electron chi connectivity index (χ4n) is 3.73. The van der Waals surface area contributed by atoms with Crippen LogP contribution in [-0.4, -0.2) is 42.2 Å². The van der Waals surface area contributed by atoms with Gasteiger partial charge in [0.2, 0.25) is 0 Å². The van der Waals surface area contributed by atoms with Gasteiger partial charge in [0.05, 0.1) is 6.10 Å². The smallest absolute Gasteiger partial charge is 0.191 e. The molecule has 1 aliphatic heterocycles. The maximum atomic E-state index is 9.63. The van der Waals surface area contributed by atoms with Crippen molar-refractivity contribution in [2.45, 2.75) is 52.4 Å². The molecule has 1 saturated heterocycles. The molecule has 3 rings (SSSR count). The van der Waals surface area contributed by atoms with Gasteiger partial charge in [0.1, 0.15) is 0 Å². The molecule has 0 bridgehead atoms. The number of piperidine rings is 1. The van der Waals surface area contributed by atoms with Crippen molar-refractivity contribution in [3.8, 4) is 0 Å². The summed E-state index contributed by atoms with van der Waals surface area (Å²) in [5.74, 6) is 0.806. The third-order valence-corrected chi connectivity index (χ3v) is 5.61. The zero-order valence-corrected chi connectivity index (χ0v) is 17.9. The molecule has 0 atom stereocenters. The Labute approximate surface area is 174 Å². The van der Waals surface area contributed by atoms with Gasteiger partial charge in [0.15, 0.2) is 5.96 Å². The summed E-state index contributed by atoms with van der Waals surface area (Å²) >= 11 is 0. The van der Waals surface area contributed by atoms with Crippen molar-refractivity contribution in [2.24, 2.45) is 4.99 Å². The van der Waals surface area contributed by atoms with Crippen LogP contribution < -0.4 is 10.6 Å². The van der Waals surface area contributed by atoms with Crippen molar-refractivity contribution < 1.29 is 5.11 Å². The standard InChI is InChI=1S/C24H34N4O/c1-18-4-9-22(19(2)14-18)16-27-24(25-3)26-15-20-5-7-21(8-6-20)17-28-12-10-23(29)11-13-28/h4-9,14,23,29H,10-13,15-17H2,1-3H3,(H2,25,26,27). The van der Waals surface area contributed by atoms with E-state index in [2.05, 4.69) is 76.8 Å². The van der Waals surface area contributed by atoms with E-state index in [0.717, 1.165) is 51.5 Å². The van der Waals surface area contributed by atoms with Gasteiger partial charge in [-0.3, -0.25) is 9.89 Å². The van der Waals surface area contributed by atoms with Gasteiger partial charge < -0.3 is 15.7 Å². The molecule has 5 heteroatoms. The molecule has 0 unspecified atom stereocenters. The third-order valence-electron chi connectivity index (χ3n) is 5.61. The van der Waals surface area contributed by atoms with Gasteiger partial charge in [-0.15, -0.1) is 0 Å². The number of likely N-dealkylation sites (tertiary alicyclic amines) is 1. The highest BCUT2D eigenvalue weighted by Gasteiger charge is 2.16. The predicted molar refractivity (Wildman–Crippen MR) is 120 cm³/mol. The number of hydrogen-bond donors (Lipinski definition) is 3. The minimum Gasteiger partial charge on any atom is -0.393 e. The normalized spacial score (nSPS) is 16.1. The van der Waals surface area contributed by atoms with Gasteiger partial charge in [-0.05, 0) is 48.9 Å². The summed E-state index contributed by atoms with van der Waals surface area (Å²) in [5, 5.41) is 16.4. The Bertz CT molecular complexity index is 808. The average molecular weight is 395 g/mol. The summed E-state index contributed by atoms with van der Waals surface area (Å²) in [5.41, 5.74) is 6.43. The number of benzene rings is 2. The Hall–Kier alpha value is -2.37. The van der Waals surface area contributed by atoms with E-state index in [-0.39, 0.29) is 6.10 Å². The number of aliphatic imine (C=N–C) groups is 1. The van der Waals surface area contributed by atoms with Gasteiger partial charge in [-0.2, -0.15) is 0 Å². The lowest BCUT2D eigenvalue weighted by Crippen LogP contribution is -2.36. The molecule has 0 amide bonds. The zero-order chi connectivity index (χ0) is 20.6. The van der Waals surface area contributed by atoms with Crippen LogP contribution in [0.4, 0.5) is 0 Å². The highest BCUT2D eigenvalue weighted by molar-refractivity contribution is 5.79. The Morgan fingerprint density at radius 1 is 1.00 bits per heavy atom. The van der Waals surface area contributed by atoms with Crippen molar-refractivity contribution in [2.75, 3.05) is 20.1 Å². The van der Waals surface area contributed by atoms with Crippen molar-refractivity contribution in [1.29, 1.82) is 0 Å². The predicted octanol–water partition coefficient (Wildman–Crippen LogP) is 3.13. The number of hydrogen-bond acceptors (Lipinski definition) is 3. The summed E-state index contributed by atoms with van der Waals surface area (Å²) in [7, 11) is 1.80. The maximum Gasteiger partial charge on any atom is 0.191 e. The molecule has 1 fully saturated rings. The van der Waals surface area contributed by atoms with Crippen LogP contribution in [-0.2, 0) is 19.6 Å². The van der Waals surface area contributed by atoms with Crippen LogP contribution in [0, 0.1) is 13.8 Å². The first kappa shape index (κ1) is 21.3. The highest BCUT2D eigenvalue weighted by Crippen LogP contribution is 2.14. The highest BCUT2D eigenvalue weighted by atomic mass is 16.3. The van der Waals surface area contributed by atoms with Crippen molar-refractivity contribution >= 4 is 5.96 Å². The first-order valence-electron chi connectivity index (χ1n) is 10.5. The molecule has 0 saturated carbocycles. The van der Waals surface area contributed by atoms with Gasteiger partial charge in [0, 0.05) is 39.8 Å². The Morgan fingerprint density at radius 3 is 2.31 bits per heavy atom. The quantitative estimate of drug-likeness (QED) is 0.520. The van der Waals surface area contributed by atoms with E-state index in [9.17, 15) is 5.11 Å². The SMILES string of the molecule is CN=C(NCc1ccc(CN2CCC(O)CC2)cc1)NCc1ccc(C)cc1C. The van der Waals surface area contributed by atoms with Crippen LogP contribution in [0.25, 0.3) is 0 Å². The molecule has 0 aliphatic carbocycles. The van der Waals surface area contributed by atoms with E-state index in [1.165, 1.54) is 27.8 Å². The summed E-state index contributed by atoms with van der Waals surface area (Å²) in [6.45, 7) is 8.68. The lowest BCUT2D eigenvalue weighted by molar-refractivity contribution is 0.0792. The van der Waals surface area contributed by atoms with Crippen LogP contribution in [0.3, 0.4) is 0 Å². The molecule has 2 aromatic rings. The second kappa shape index (κ2) is 10.4. The molecule has 3 N–H and O–H groups in total. The monoisotopic (exact) mass is 394 g/mol. The van der Waals surface area contributed by atoms with Gasteiger partial charge >= 0.3 is 0 Å². The first-order valence-corrected chi connectivity index (χ1v) is 10.5. The summed E-state index contributed by atoms with van der Waals surface area (Å²) in [6, 6.07) is 15.3. The second-order valence-electron chi connectivity index (χ2n) is 8.03. The zero-order valence-electron chi connectivity index (χ0n) is 17.9. The summed E-state index contributed by atoms with van der Waals surface area (Å²) < 4.78 is 0. The molecule has 1 heterocycles. The molecular weight excluding hydrogens is 360 g/mol. The number of guanidine groups is 1. The van der Waals surface area contributed by atoms with Gasteiger partial charge in [0.25, 0.3) is 0 Å². The minimum absolute atomic E-state index is 0.113. The molecule has 0 spiro atoms. The van der Waals surface area contributed by atoms with E-state index in [1.807, 2.05) is 0 Å². The number of aliphatic hydroxyl groups is 1. The van der Waals surface area contributed by atoms with Crippen molar-refractivity contribution in [1.82, 2.24) is 15.5 Å². The van der Waals surface area contributed by atoms with Crippen molar-refractivity contribution in [3.63, 3.8) is 0 Å². The lowest BCUT2D eigenvalue weighted by atomic mass is 10.1.